The van der Waals surface area contributed by atoms with E-state index in [1.54, 1.807) is 26.3 Å². The van der Waals surface area contributed by atoms with E-state index in [1.807, 2.05) is 12.1 Å². The lowest BCUT2D eigenvalue weighted by atomic mass is 10.2. The van der Waals surface area contributed by atoms with E-state index < -0.39 is 0 Å². The summed E-state index contributed by atoms with van der Waals surface area (Å²) in [6.07, 6.45) is 0. The van der Waals surface area contributed by atoms with Crippen LogP contribution in [0, 0.1) is 0 Å². The number of nitrogens with zero attached hydrogens (tertiary/aromatic N) is 3. The summed E-state index contributed by atoms with van der Waals surface area (Å²) in [6.45, 7) is 0. The fourth-order valence-corrected chi connectivity index (χ4v) is 2.26. The van der Waals surface area contributed by atoms with Gasteiger partial charge in [-0.05, 0) is 23.7 Å². The third kappa shape index (κ3) is 2.44. The van der Waals surface area contributed by atoms with Gasteiger partial charge in [-0.25, -0.2) is 0 Å². The van der Waals surface area contributed by atoms with Gasteiger partial charge in [-0.3, -0.25) is 4.79 Å². The first-order valence-electron chi connectivity index (χ1n) is 5.03. The van der Waals surface area contributed by atoms with E-state index in [-0.39, 0.29) is 15.4 Å². The number of carbonyl (C=O) groups is 1. The zero-order valence-electron chi connectivity index (χ0n) is 9.75. The van der Waals surface area contributed by atoms with Crippen molar-refractivity contribution in [2.45, 2.75) is 0 Å². The van der Waals surface area contributed by atoms with E-state index in [9.17, 15) is 4.79 Å². The first-order valence-corrected chi connectivity index (χ1v) is 6.23. The summed E-state index contributed by atoms with van der Waals surface area (Å²) in [5.74, 6) is 0.341. The number of hydrogen-bond donors (Lipinski definition) is 0. The molecule has 0 N–H and O–H groups in total. The van der Waals surface area contributed by atoms with Crippen molar-refractivity contribution in [3.8, 4) is 5.75 Å². The van der Waals surface area contributed by atoms with Crippen LogP contribution < -0.4 is 9.64 Å². The average molecular weight is 284 g/mol. The molecule has 1 aromatic carbocycles. The van der Waals surface area contributed by atoms with Crippen LogP contribution in [-0.2, 0) is 0 Å². The Morgan fingerprint density at radius 3 is 2.72 bits per heavy atom. The molecule has 2 aromatic rings. The summed E-state index contributed by atoms with van der Waals surface area (Å²) in [5, 5.41) is 7.58. The molecule has 2 rings (SSSR count). The normalized spacial score (nSPS) is 10.2. The van der Waals surface area contributed by atoms with Gasteiger partial charge in [-0.15, -0.1) is 10.2 Å². The molecule has 0 fully saturated rings. The quantitative estimate of drug-likeness (QED) is 0.868. The number of benzene rings is 1. The number of aromatic nitrogens is 2. The smallest absolute Gasteiger partial charge is 0.289 e. The topological polar surface area (TPSA) is 55.3 Å². The number of amides is 1. The van der Waals surface area contributed by atoms with E-state index in [0.29, 0.717) is 11.4 Å². The van der Waals surface area contributed by atoms with Crippen LogP contribution in [0.2, 0.25) is 4.47 Å². The van der Waals surface area contributed by atoms with Crippen LogP contribution in [0.15, 0.2) is 24.3 Å². The van der Waals surface area contributed by atoms with Crippen LogP contribution in [0.1, 0.15) is 9.80 Å². The minimum absolute atomic E-state index is 0.242. The van der Waals surface area contributed by atoms with Crippen LogP contribution in [0.25, 0.3) is 0 Å². The van der Waals surface area contributed by atoms with Crippen molar-refractivity contribution < 1.29 is 9.53 Å². The number of hydrogen-bond acceptors (Lipinski definition) is 5. The lowest BCUT2D eigenvalue weighted by Crippen LogP contribution is -2.26. The number of para-hydroxylation sites is 2. The number of anilines is 1. The predicted molar refractivity (Wildman–Crippen MR) is 70.6 cm³/mol. The first-order chi connectivity index (χ1) is 8.63. The third-order valence-corrected chi connectivity index (χ3v) is 3.34. The molecule has 1 amide bonds. The third-order valence-electron chi connectivity index (χ3n) is 2.33. The second kappa shape index (κ2) is 5.32. The molecule has 0 aliphatic heterocycles. The Hall–Kier alpha value is -1.66. The Bertz CT molecular complexity index is 573. The molecule has 0 saturated carbocycles. The minimum Gasteiger partial charge on any atom is -0.495 e. The molecule has 0 unspecified atom stereocenters. The van der Waals surface area contributed by atoms with Crippen LogP contribution in [0.3, 0.4) is 0 Å². The molecule has 7 heteroatoms. The fourth-order valence-electron chi connectivity index (χ4n) is 1.45. The molecular formula is C11H10ClN3O2S. The molecule has 1 heterocycles. The Morgan fingerprint density at radius 2 is 2.11 bits per heavy atom. The molecular weight excluding hydrogens is 274 g/mol. The van der Waals surface area contributed by atoms with E-state index in [4.69, 9.17) is 16.3 Å². The van der Waals surface area contributed by atoms with Crippen LogP contribution >= 0.6 is 22.9 Å². The van der Waals surface area contributed by atoms with Crippen molar-refractivity contribution in [3.05, 3.63) is 33.7 Å². The molecule has 0 aliphatic rings. The summed E-state index contributed by atoms with van der Waals surface area (Å²) in [5.41, 5.74) is 0.663. The molecule has 0 spiro atoms. The Kier molecular flexibility index (Phi) is 3.78. The summed E-state index contributed by atoms with van der Waals surface area (Å²) in [7, 11) is 3.20. The lowest BCUT2D eigenvalue weighted by Gasteiger charge is -2.18. The average Bonchev–Trinajstić information content (AvgIpc) is 2.83. The van der Waals surface area contributed by atoms with Crippen molar-refractivity contribution in [2.75, 3.05) is 19.1 Å². The van der Waals surface area contributed by atoms with Crippen LogP contribution in [-0.4, -0.2) is 30.3 Å². The van der Waals surface area contributed by atoms with Gasteiger partial charge in [0.15, 0.2) is 0 Å². The summed E-state index contributed by atoms with van der Waals surface area (Å²) in [6, 6.07) is 7.24. The highest BCUT2D eigenvalue weighted by Gasteiger charge is 2.20. The monoisotopic (exact) mass is 283 g/mol. The first kappa shape index (κ1) is 12.8. The lowest BCUT2D eigenvalue weighted by molar-refractivity contribution is 0.0991. The van der Waals surface area contributed by atoms with Gasteiger partial charge in [0.25, 0.3) is 5.91 Å². The summed E-state index contributed by atoms with van der Waals surface area (Å²) in [4.78, 5) is 13.6. The van der Waals surface area contributed by atoms with Crippen molar-refractivity contribution >= 4 is 34.5 Å². The maximum absolute atomic E-state index is 12.1. The molecule has 18 heavy (non-hydrogen) atoms. The Balaban J connectivity index is 2.31. The number of carbonyl (C=O) groups excluding carboxylic acids is 1. The van der Waals surface area contributed by atoms with Gasteiger partial charge in [0, 0.05) is 7.05 Å². The molecule has 94 valence electrons. The van der Waals surface area contributed by atoms with E-state index >= 15 is 0 Å². The Labute approximate surface area is 113 Å². The van der Waals surface area contributed by atoms with Crippen molar-refractivity contribution in [1.82, 2.24) is 10.2 Å². The Morgan fingerprint density at radius 1 is 1.39 bits per heavy atom. The molecule has 0 bridgehead atoms. The van der Waals surface area contributed by atoms with Gasteiger partial charge in [-0.2, -0.15) is 0 Å². The van der Waals surface area contributed by atoms with E-state index in [0.717, 1.165) is 11.3 Å². The van der Waals surface area contributed by atoms with Gasteiger partial charge in [0.1, 0.15) is 5.75 Å². The highest BCUT2D eigenvalue weighted by molar-refractivity contribution is 7.17. The van der Waals surface area contributed by atoms with Crippen LogP contribution in [0.4, 0.5) is 5.69 Å². The number of ether oxygens (including phenoxy) is 1. The summed E-state index contributed by atoms with van der Waals surface area (Å²) < 4.78 is 5.45. The number of halogens is 1. The van der Waals surface area contributed by atoms with Gasteiger partial charge in [-0.1, -0.05) is 23.5 Å². The predicted octanol–water partition coefficient (Wildman–Crippen LogP) is 2.48. The van der Waals surface area contributed by atoms with Crippen molar-refractivity contribution in [3.63, 3.8) is 0 Å². The van der Waals surface area contributed by atoms with Gasteiger partial charge < -0.3 is 9.64 Å². The second-order valence-corrected chi connectivity index (χ2v) is 4.96. The largest absolute Gasteiger partial charge is 0.495 e. The SMILES string of the molecule is COc1ccccc1N(C)C(=O)c1nnc(Cl)s1. The molecule has 0 aliphatic carbocycles. The molecule has 1 aromatic heterocycles. The molecule has 0 saturated heterocycles. The zero-order valence-corrected chi connectivity index (χ0v) is 11.3. The number of rotatable bonds is 3. The highest BCUT2D eigenvalue weighted by atomic mass is 35.5. The van der Waals surface area contributed by atoms with E-state index in [1.165, 1.54) is 4.90 Å². The molecule has 0 atom stereocenters. The second-order valence-electron chi connectivity index (χ2n) is 3.40. The van der Waals surface area contributed by atoms with Gasteiger partial charge in [0.2, 0.25) is 9.47 Å². The minimum atomic E-state index is -0.274. The fraction of sp³-hybridized carbons (Fsp3) is 0.182. The number of methoxy groups -OCH3 is 1. The standard InChI is InChI=1S/C11H10ClN3O2S/c1-15(7-5-3-4-6-8(7)17-2)10(16)9-13-14-11(12)18-9/h3-6H,1-2H3. The van der Waals surface area contributed by atoms with Crippen LogP contribution in [0.5, 0.6) is 5.75 Å². The van der Waals surface area contributed by atoms with Gasteiger partial charge >= 0.3 is 0 Å². The summed E-state index contributed by atoms with van der Waals surface area (Å²) >= 11 is 6.71. The zero-order chi connectivity index (χ0) is 13.1. The maximum Gasteiger partial charge on any atom is 0.289 e. The van der Waals surface area contributed by atoms with Gasteiger partial charge in [0.05, 0.1) is 12.8 Å². The highest BCUT2D eigenvalue weighted by Crippen LogP contribution is 2.28. The molecule has 5 nitrogen and oxygen atoms in total. The van der Waals surface area contributed by atoms with Crippen molar-refractivity contribution in [1.29, 1.82) is 0 Å². The maximum atomic E-state index is 12.1. The molecule has 0 radical (unpaired) electrons. The van der Waals surface area contributed by atoms with Crippen molar-refractivity contribution in [2.24, 2.45) is 0 Å². The van der Waals surface area contributed by atoms with E-state index in [2.05, 4.69) is 10.2 Å².